The SMILES string of the molecule is CCCCCCC=CCNC(=O)CCCCCCCNCCCCCCCC(=O)NCC=CCCCCCC. The van der Waals surface area contributed by atoms with Gasteiger partial charge in [-0.15, -0.1) is 0 Å². The normalized spacial score (nSPS) is 11.5. The van der Waals surface area contributed by atoms with Crippen LogP contribution < -0.4 is 16.0 Å². The molecule has 0 radical (unpaired) electrons. The Morgan fingerprint density at radius 2 is 0.846 bits per heavy atom. The minimum Gasteiger partial charge on any atom is -0.353 e. The van der Waals surface area contributed by atoms with Crippen molar-refractivity contribution in [3.63, 3.8) is 0 Å². The summed E-state index contributed by atoms with van der Waals surface area (Å²) in [7, 11) is 0. The third-order valence-corrected chi connectivity index (χ3v) is 7.13. The maximum atomic E-state index is 11.9. The molecule has 0 fully saturated rings. The van der Waals surface area contributed by atoms with Crippen LogP contribution in [0.3, 0.4) is 0 Å². The first kappa shape index (κ1) is 37.4. The number of nitrogens with one attached hydrogen (secondary N) is 3. The first-order chi connectivity index (χ1) is 19.2. The van der Waals surface area contributed by atoms with Crippen LogP contribution in [0.25, 0.3) is 0 Å². The van der Waals surface area contributed by atoms with Gasteiger partial charge in [0.25, 0.3) is 0 Å². The standard InChI is InChI=1S/C34H65N3O2/c1-3-5-7-9-11-19-25-31-36-33(38)27-21-15-13-17-23-29-35-30-24-18-14-16-22-28-34(39)37-32-26-20-12-10-8-6-4-2/h19-20,25-26,35H,3-18,21-24,27-32H2,1-2H3,(H,36,38)(H,37,39). The molecular weight excluding hydrogens is 482 g/mol. The molecule has 0 aromatic carbocycles. The zero-order valence-corrected chi connectivity index (χ0v) is 26.0. The molecule has 228 valence electrons. The number of amides is 2. The van der Waals surface area contributed by atoms with Crippen LogP contribution in [-0.4, -0.2) is 38.0 Å². The molecule has 0 aliphatic carbocycles. The highest BCUT2D eigenvalue weighted by molar-refractivity contribution is 5.76. The topological polar surface area (TPSA) is 70.2 Å². The van der Waals surface area contributed by atoms with Crippen LogP contribution in [0.2, 0.25) is 0 Å². The van der Waals surface area contributed by atoms with E-state index in [1.807, 2.05) is 0 Å². The van der Waals surface area contributed by atoms with E-state index in [1.54, 1.807) is 0 Å². The molecular formula is C34H65N3O2. The zero-order chi connectivity index (χ0) is 28.5. The zero-order valence-electron chi connectivity index (χ0n) is 26.0. The fraction of sp³-hybridized carbons (Fsp3) is 0.824. The largest absolute Gasteiger partial charge is 0.353 e. The van der Waals surface area contributed by atoms with E-state index < -0.39 is 0 Å². The van der Waals surface area contributed by atoms with Gasteiger partial charge >= 0.3 is 0 Å². The highest BCUT2D eigenvalue weighted by Gasteiger charge is 2.00. The van der Waals surface area contributed by atoms with Gasteiger partial charge in [0.2, 0.25) is 11.8 Å². The summed E-state index contributed by atoms with van der Waals surface area (Å²) in [6.45, 7) is 8.00. The molecule has 0 bridgehead atoms. The van der Waals surface area contributed by atoms with E-state index in [-0.39, 0.29) is 11.8 Å². The minimum atomic E-state index is 0.187. The molecule has 0 rings (SSSR count). The highest BCUT2D eigenvalue weighted by Crippen LogP contribution is 2.07. The molecule has 5 heteroatoms. The van der Waals surface area contributed by atoms with E-state index in [1.165, 1.54) is 89.9 Å². The van der Waals surface area contributed by atoms with Crippen molar-refractivity contribution < 1.29 is 9.59 Å². The van der Waals surface area contributed by atoms with Gasteiger partial charge in [0.05, 0.1) is 0 Å². The predicted molar refractivity (Wildman–Crippen MR) is 170 cm³/mol. The van der Waals surface area contributed by atoms with Crippen LogP contribution in [0.4, 0.5) is 0 Å². The fourth-order valence-electron chi connectivity index (χ4n) is 4.56. The molecule has 0 aromatic heterocycles. The first-order valence-electron chi connectivity index (χ1n) is 16.7. The Hall–Kier alpha value is -1.62. The van der Waals surface area contributed by atoms with Gasteiger partial charge in [-0.1, -0.05) is 115 Å². The van der Waals surface area contributed by atoms with Crippen LogP contribution in [-0.2, 0) is 9.59 Å². The highest BCUT2D eigenvalue weighted by atomic mass is 16.2. The quantitative estimate of drug-likeness (QED) is 0.0623. The van der Waals surface area contributed by atoms with E-state index in [4.69, 9.17) is 0 Å². The van der Waals surface area contributed by atoms with E-state index in [0.717, 1.165) is 51.6 Å². The number of carbonyl (C=O) groups excluding carboxylic acids is 2. The smallest absolute Gasteiger partial charge is 0.220 e. The van der Waals surface area contributed by atoms with Crippen molar-refractivity contribution in [3.05, 3.63) is 24.3 Å². The first-order valence-corrected chi connectivity index (χ1v) is 16.7. The van der Waals surface area contributed by atoms with Crippen molar-refractivity contribution in [3.8, 4) is 0 Å². The van der Waals surface area contributed by atoms with E-state index in [9.17, 15) is 9.59 Å². The molecule has 0 aromatic rings. The lowest BCUT2D eigenvalue weighted by atomic mass is 10.1. The second-order valence-corrected chi connectivity index (χ2v) is 11.0. The van der Waals surface area contributed by atoms with E-state index in [2.05, 4.69) is 54.1 Å². The van der Waals surface area contributed by atoms with Crippen LogP contribution in [0.1, 0.15) is 155 Å². The van der Waals surface area contributed by atoms with Crippen LogP contribution in [0.5, 0.6) is 0 Å². The predicted octanol–water partition coefficient (Wildman–Crippen LogP) is 8.54. The number of hydrogen-bond acceptors (Lipinski definition) is 3. The molecule has 0 aliphatic heterocycles. The van der Waals surface area contributed by atoms with E-state index in [0.29, 0.717) is 25.9 Å². The fourth-order valence-corrected chi connectivity index (χ4v) is 4.56. The summed E-state index contributed by atoms with van der Waals surface area (Å²) in [6, 6.07) is 0. The molecule has 0 heterocycles. The summed E-state index contributed by atoms with van der Waals surface area (Å²) in [5, 5.41) is 9.55. The minimum absolute atomic E-state index is 0.187. The Kier molecular flexibility index (Phi) is 31.2. The molecule has 39 heavy (non-hydrogen) atoms. The van der Waals surface area contributed by atoms with Crippen LogP contribution in [0, 0.1) is 0 Å². The Morgan fingerprint density at radius 1 is 0.462 bits per heavy atom. The molecule has 2 amide bonds. The third kappa shape index (κ3) is 32.5. The van der Waals surface area contributed by atoms with Crippen molar-refractivity contribution in [2.45, 2.75) is 155 Å². The van der Waals surface area contributed by atoms with Crippen molar-refractivity contribution in [1.29, 1.82) is 0 Å². The number of hydrogen-bond donors (Lipinski definition) is 3. The van der Waals surface area contributed by atoms with Gasteiger partial charge in [-0.3, -0.25) is 9.59 Å². The lowest BCUT2D eigenvalue weighted by Gasteiger charge is -2.06. The molecule has 0 spiro atoms. The number of allylic oxidation sites excluding steroid dienone is 2. The monoisotopic (exact) mass is 548 g/mol. The van der Waals surface area contributed by atoms with Crippen molar-refractivity contribution >= 4 is 11.8 Å². The van der Waals surface area contributed by atoms with Gasteiger partial charge in [0.15, 0.2) is 0 Å². The van der Waals surface area contributed by atoms with E-state index >= 15 is 0 Å². The van der Waals surface area contributed by atoms with Crippen molar-refractivity contribution in [1.82, 2.24) is 16.0 Å². The van der Waals surface area contributed by atoms with Crippen molar-refractivity contribution in [2.75, 3.05) is 26.2 Å². The maximum Gasteiger partial charge on any atom is 0.220 e. The maximum absolute atomic E-state index is 11.9. The van der Waals surface area contributed by atoms with Crippen LogP contribution >= 0.6 is 0 Å². The van der Waals surface area contributed by atoms with Crippen LogP contribution in [0.15, 0.2) is 24.3 Å². The Balaban J connectivity index is 3.27. The van der Waals surface area contributed by atoms with Gasteiger partial charge in [-0.05, 0) is 64.5 Å². The lowest BCUT2D eigenvalue weighted by Crippen LogP contribution is -2.22. The molecule has 5 nitrogen and oxygen atoms in total. The summed E-state index contributed by atoms with van der Waals surface area (Å²) in [4.78, 5) is 23.8. The average molecular weight is 548 g/mol. The number of rotatable bonds is 30. The van der Waals surface area contributed by atoms with Gasteiger partial charge in [-0.2, -0.15) is 0 Å². The molecule has 0 unspecified atom stereocenters. The molecule has 3 N–H and O–H groups in total. The lowest BCUT2D eigenvalue weighted by molar-refractivity contribution is -0.121. The molecule has 0 atom stereocenters. The summed E-state index contributed by atoms with van der Waals surface area (Å²) in [5.74, 6) is 0.374. The Morgan fingerprint density at radius 3 is 1.28 bits per heavy atom. The van der Waals surface area contributed by atoms with Gasteiger partial charge < -0.3 is 16.0 Å². The summed E-state index contributed by atoms with van der Waals surface area (Å²) in [6.07, 6.45) is 34.1. The average Bonchev–Trinajstić information content (AvgIpc) is 2.93. The molecule has 0 saturated heterocycles. The molecule has 0 aliphatic rings. The Bertz CT molecular complexity index is 539. The number of unbranched alkanes of at least 4 members (excludes halogenated alkanes) is 16. The molecule has 0 saturated carbocycles. The van der Waals surface area contributed by atoms with Gasteiger partial charge in [0.1, 0.15) is 0 Å². The number of carbonyl (C=O) groups is 2. The second kappa shape index (κ2) is 32.6. The van der Waals surface area contributed by atoms with Gasteiger partial charge in [-0.25, -0.2) is 0 Å². The summed E-state index contributed by atoms with van der Waals surface area (Å²) >= 11 is 0. The third-order valence-electron chi connectivity index (χ3n) is 7.13. The summed E-state index contributed by atoms with van der Waals surface area (Å²) in [5.41, 5.74) is 0. The second-order valence-electron chi connectivity index (χ2n) is 11.0. The Labute approximate surface area is 242 Å². The van der Waals surface area contributed by atoms with Crippen molar-refractivity contribution in [2.24, 2.45) is 0 Å². The van der Waals surface area contributed by atoms with Gasteiger partial charge in [0, 0.05) is 25.9 Å². The summed E-state index contributed by atoms with van der Waals surface area (Å²) < 4.78 is 0.